The van der Waals surface area contributed by atoms with E-state index in [1.54, 1.807) is 0 Å². The summed E-state index contributed by atoms with van der Waals surface area (Å²) in [5.74, 6) is 0.470. The Labute approximate surface area is 229 Å². The third-order valence-corrected chi connectivity index (χ3v) is 5.67. The van der Waals surface area contributed by atoms with Crippen LogP contribution >= 0.6 is 11.6 Å². The molecule has 0 aliphatic carbocycles. The van der Waals surface area contributed by atoms with Crippen LogP contribution in [-0.4, -0.2) is 12.6 Å². The van der Waals surface area contributed by atoms with E-state index in [0.29, 0.717) is 12.0 Å². The van der Waals surface area contributed by atoms with Gasteiger partial charge in [0.25, 0.3) is 0 Å². The molecule has 0 spiro atoms. The van der Waals surface area contributed by atoms with E-state index in [2.05, 4.69) is 85.8 Å². The molecule has 4 heteroatoms. The second-order valence-electron chi connectivity index (χ2n) is 9.96. The van der Waals surface area contributed by atoms with Crippen molar-refractivity contribution >= 4 is 11.6 Å². The lowest BCUT2D eigenvalue weighted by Crippen LogP contribution is -2.23. The van der Waals surface area contributed by atoms with Crippen molar-refractivity contribution in [3.8, 4) is 0 Å². The maximum Gasteiger partial charge on any atom is 0.0440 e. The number of allylic oxidation sites excluding steroid dienone is 7. The molecule has 1 rings (SSSR count). The summed E-state index contributed by atoms with van der Waals surface area (Å²) in [5, 5.41) is 4.27. The number of nitrogens with one attached hydrogen (secondary N) is 1. The molecule has 1 aromatic carbocycles. The van der Waals surface area contributed by atoms with E-state index >= 15 is 0 Å². The summed E-state index contributed by atoms with van der Waals surface area (Å²) in [6.07, 6.45) is 13.3. The molecular weight excluding hydrogens is 462 g/mol. The first kappa shape index (κ1) is 36.2. The van der Waals surface area contributed by atoms with Gasteiger partial charge in [-0.15, -0.1) is 0 Å². The van der Waals surface area contributed by atoms with Crippen LogP contribution in [0, 0.1) is 5.92 Å². The zero-order chi connectivity index (χ0) is 28.1. The Bertz CT molecular complexity index is 822. The van der Waals surface area contributed by atoms with Gasteiger partial charge in [-0.2, -0.15) is 0 Å². The van der Waals surface area contributed by atoms with E-state index in [9.17, 15) is 0 Å². The van der Waals surface area contributed by atoms with Crippen molar-refractivity contribution in [3.05, 3.63) is 81.2 Å². The molecular formula is C32H56ClN3. The molecule has 0 amide bonds. The number of rotatable bonds is 11. The molecule has 0 atom stereocenters. The Morgan fingerprint density at radius 3 is 2.06 bits per heavy atom. The SMILES string of the molecule is CC(C)=C(C(/C=C(\C)N)=C/C=CN)C(C)C.CCCCNC(C)C.CCCc1ccc(CC)c(Cl)c1. The van der Waals surface area contributed by atoms with Gasteiger partial charge < -0.3 is 16.8 Å². The van der Waals surface area contributed by atoms with Crippen LogP contribution in [0.3, 0.4) is 0 Å². The molecule has 0 aromatic heterocycles. The average molecular weight is 518 g/mol. The Morgan fingerprint density at radius 2 is 1.67 bits per heavy atom. The third-order valence-electron chi connectivity index (χ3n) is 5.32. The summed E-state index contributed by atoms with van der Waals surface area (Å²) in [5.41, 5.74) is 18.3. The van der Waals surface area contributed by atoms with Crippen molar-refractivity contribution in [2.75, 3.05) is 6.54 Å². The van der Waals surface area contributed by atoms with Gasteiger partial charge in [0.1, 0.15) is 0 Å². The topological polar surface area (TPSA) is 64.1 Å². The van der Waals surface area contributed by atoms with Crippen molar-refractivity contribution in [1.29, 1.82) is 0 Å². The maximum absolute atomic E-state index is 6.07. The summed E-state index contributed by atoms with van der Waals surface area (Å²) in [7, 11) is 0. The van der Waals surface area contributed by atoms with Gasteiger partial charge in [0, 0.05) is 16.8 Å². The Balaban J connectivity index is 0. The van der Waals surface area contributed by atoms with Gasteiger partial charge >= 0.3 is 0 Å². The largest absolute Gasteiger partial charge is 0.405 e. The van der Waals surface area contributed by atoms with Crippen molar-refractivity contribution in [2.24, 2.45) is 17.4 Å². The molecule has 36 heavy (non-hydrogen) atoms. The van der Waals surface area contributed by atoms with E-state index in [1.165, 1.54) is 54.3 Å². The second-order valence-corrected chi connectivity index (χ2v) is 10.4. The first-order chi connectivity index (χ1) is 16.9. The highest BCUT2D eigenvalue weighted by Gasteiger charge is 2.09. The number of benzene rings is 1. The monoisotopic (exact) mass is 517 g/mol. The number of hydrogen-bond donors (Lipinski definition) is 3. The van der Waals surface area contributed by atoms with Crippen LogP contribution < -0.4 is 16.8 Å². The summed E-state index contributed by atoms with van der Waals surface area (Å²) in [6.45, 7) is 22.5. The van der Waals surface area contributed by atoms with Crippen molar-refractivity contribution in [1.82, 2.24) is 5.32 Å². The molecule has 0 bridgehead atoms. The molecule has 0 radical (unpaired) electrons. The number of halogens is 1. The number of aryl methyl sites for hydroxylation is 2. The Morgan fingerprint density at radius 1 is 1.03 bits per heavy atom. The Hall–Kier alpha value is -1.97. The predicted octanol–water partition coefficient (Wildman–Crippen LogP) is 8.88. The average Bonchev–Trinajstić information content (AvgIpc) is 2.78. The molecule has 0 fully saturated rings. The van der Waals surface area contributed by atoms with E-state index in [-0.39, 0.29) is 0 Å². The van der Waals surface area contributed by atoms with E-state index in [4.69, 9.17) is 23.1 Å². The van der Waals surface area contributed by atoms with Gasteiger partial charge in [-0.3, -0.25) is 0 Å². The summed E-state index contributed by atoms with van der Waals surface area (Å²) in [6, 6.07) is 7.05. The lowest BCUT2D eigenvalue weighted by atomic mass is 9.90. The molecule has 206 valence electrons. The van der Waals surface area contributed by atoms with Gasteiger partial charge in [-0.1, -0.05) is 96.7 Å². The van der Waals surface area contributed by atoms with Crippen LogP contribution in [-0.2, 0) is 12.8 Å². The molecule has 1 aromatic rings. The number of nitrogens with two attached hydrogens (primary N) is 2. The molecule has 3 nitrogen and oxygen atoms in total. The molecule has 0 unspecified atom stereocenters. The van der Waals surface area contributed by atoms with Crippen LogP contribution in [0.2, 0.25) is 5.02 Å². The summed E-state index contributed by atoms with van der Waals surface area (Å²) in [4.78, 5) is 0. The summed E-state index contributed by atoms with van der Waals surface area (Å²) >= 11 is 6.07. The minimum atomic E-state index is 0.470. The van der Waals surface area contributed by atoms with Crippen LogP contribution in [0.4, 0.5) is 0 Å². The number of hydrogen-bond acceptors (Lipinski definition) is 3. The lowest BCUT2D eigenvalue weighted by Gasteiger charge is -2.15. The van der Waals surface area contributed by atoms with Crippen molar-refractivity contribution in [3.63, 3.8) is 0 Å². The maximum atomic E-state index is 6.07. The highest BCUT2D eigenvalue weighted by Crippen LogP contribution is 2.25. The molecule has 0 aliphatic heterocycles. The Kier molecular flexibility index (Phi) is 22.4. The smallest absolute Gasteiger partial charge is 0.0440 e. The first-order valence-corrected chi connectivity index (χ1v) is 14.0. The predicted molar refractivity (Wildman–Crippen MR) is 165 cm³/mol. The lowest BCUT2D eigenvalue weighted by molar-refractivity contribution is 0.566. The molecule has 0 heterocycles. The van der Waals surface area contributed by atoms with E-state index in [1.807, 2.05) is 25.2 Å². The molecule has 0 aliphatic rings. The summed E-state index contributed by atoms with van der Waals surface area (Å²) < 4.78 is 0. The zero-order valence-corrected chi connectivity index (χ0v) is 25.7. The van der Waals surface area contributed by atoms with Crippen LogP contribution in [0.1, 0.15) is 99.6 Å². The van der Waals surface area contributed by atoms with Crippen molar-refractivity contribution < 1.29 is 0 Å². The van der Waals surface area contributed by atoms with E-state index in [0.717, 1.165) is 29.1 Å². The van der Waals surface area contributed by atoms with Crippen LogP contribution in [0.5, 0.6) is 0 Å². The highest BCUT2D eigenvalue weighted by atomic mass is 35.5. The first-order valence-electron chi connectivity index (χ1n) is 13.7. The second kappa shape index (κ2) is 22.2. The van der Waals surface area contributed by atoms with Crippen LogP contribution in [0.25, 0.3) is 0 Å². The van der Waals surface area contributed by atoms with Gasteiger partial charge in [-0.05, 0) is 99.2 Å². The quantitative estimate of drug-likeness (QED) is 0.203. The van der Waals surface area contributed by atoms with Gasteiger partial charge in [0.2, 0.25) is 0 Å². The minimum Gasteiger partial charge on any atom is -0.405 e. The minimum absolute atomic E-state index is 0.470. The number of unbranched alkanes of at least 4 members (excludes halogenated alkanes) is 1. The fourth-order valence-electron chi connectivity index (χ4n) is 3.71. The van der Waals surface area contributed by atoms with Crippen molar-refractivity contribution in [2.45, 2.75) is 107 Å². The third kappa shape index (κ3) is 18.3. The fraction of sp³-hybridized carbons (Fsp3) is 0.562. The van der Waals surface area contributed by atoms with Gasteiger partial charge in [-0.25, -0.2) is 0 Å². The molecule has 0 saturated heterocycles. The van der Waals surface area contributed by atoms with Gasteiger partial charge in [0.05, 0.1) is 0 Å². The fourth-order valence-corrected chi connectivity index (χ4v) is 4.05. The molecule has 5 N–H and O–H groups in total. The van der Waals surface area contributed by atoms with E-state index < -0.39 is 0 Å². The highest BCUT2D eigenvalue weighted by molar-refractivity contribution is 6.31. The normalized spacial score (nSPS) is 11.8. The van der Waals surface area contributed by atoms with Crippen LogP contribution in [0.15, 0.2) is 65.0 Å². The standard InChI is InChI=1S/C14H24N2.C11H15Cl.C7H17N/c1-10(2)14(11(3)4)13(7-6-8-15)9-12(5)16;1-3-5-9-6-7-10(4-2)11(12)8-9;1-4-5-6-8-7(2)3/h6-10H,15-16H2,1-5H3;6-8H,3-5H2,1-2H3;7-8H,4-6H2,1-3H3/b8-6?,12-9+,13-7+;;. The zero-order valence-electron chi connectivity index (χ0n) is 25.0. The van der Waals surface area contributed by atoms with Gasteiger partial charge in [0.15, 0.2) is 0 Å². The molecule has 0 saturated carbocycles.